The molecule has 4 aliphatic heterocycles. The predicted molar refractivity (Wildman–Crippen MR) is 115 cm³/mol. The number of rotatable bonds is 6. The second-order valence-electron chi connectivity index (χ2n) is 8.17. The molecule has 28 heavy (non-hydrogen) atoms. The van der Waals surface area contributed by atoms with Crippen molar-refractivity contribution in [1.82, 2.24) is 15.1 Å². The fraction of sp³-hybridized carbons (Fsp3) is 0.667. The zero-order valence-corrected chi connectivity index (χ0v) is 17.5. The zero-order valence-electron chi connectivity index (χ0n) is 16.7. The lowest BCUT2D eigenvalue weighted by Crippen LogP contribution is -2.59. The summed E-state index contributed by atoms with van der Waals surface area (Å²) < 4.78 is 5.15. The minimum absolute atomic E-state index is 0.129. The number of fused-ring (bicyclic) bond motifs is 3. The number of nitrogens with zero attached hydrogens (tertiary/aromatic N) is 2. The van der Waals surface area contributed by atoms with Gasteiger partial charge in [0.15, 0.2) is 0 Å². The number of amides is 2. The smallest absolute Gasteiger partial charge is 0.319 e. The van der Waals surface area contributed by atoms with Crippen molar-refractivity contribution in [2.24, 2.45) is 11.8 Å². The lowest BCUT2D eigenvalue weighted by Gasteiger charge is -2.51. The number of urea groups is 1. The highest BCUT2D eigenvalue weighted by Crippen LogP contribution is 2.36. The Morgan fingerprint density at radius 2 is 2.00 bits per heavy atom. The topological polar surface area (TPSA) is 56.8 Å². The van der Waals surface area contributed by atoms with Gasteiger partial charge in [-0.25, -0.2) is 4.79 Å². The van der Waals surface area contributed by atoms with Crippen molar-refractivity contribution < 1.29 is 9.53 Å². The highest BCUT2D eigenvalue weighted by atomic mass is 32.2. The fourth-order valence-electron chi connectivity index (χ4n) is 4.84. The number of piperidine rings is 3. The van der Waals surface area contributed by atoms with E-state index in [0.717, 1.165) is 29.8 Å². The number of ether oxygens (including phenoxy) is 1. The van der Waals surface area contributed by atoms with Crippen LogP contribution >= 0.6 is 11.8 Å². The van der Waals surface area contributed by atoms with Gasteiger partial charge in [-0.15, -0.1) is 0 Å². The zero-order chi connectivity index (χ0) is 19.3. The molecule has 4 saturated heterocycles. The van der Waals surface area contributed by atoms with E-state index in [1.54, 1.807) is 7.11 Å². The first-order valence-corrected chi connectivity index (χ1v) is 11.6. The Hall–Kier alpha value is -1.44. The normalized spacial score (nSPS) is 30.0. The Kier molecular flexibility index (Phi) is 6.65. The molecule has 1 unspecified atom stereocenters. The van der Waals surface area contributed by atoms with Gasteiger partial charge in [-0.3, -0.25) is 4.90 Å². The first-order valence-electron chi connectivity index (χ1n) is 10.4. The molecule has 1 aromatic rings. The van der Waals surface area contributed by atoms with E-state index in [-0.39, 0.29) is 6.03 Å². The molecule has 0 saturated carbocycles. The van der Waals surface area contributed by atoms with Gasteiger partial charge in [0, 0.05) is 56.0 Å². The Morgan fingerprint density at radius 3 is 2.68 bits per heavy atom. The predicted octanol–water partition coefficient (Wildman–Crippen LogP) is 2.58. The van der Waals surface area contributed by atoms with Gasteiger partial charge < -0.3 is 20.3 Å². The number of anilines is 1. The quantitative estimate of drug-likeness (QED) is 0.763. The molecule has 0 aliphatic carbocycles. The monoisotopic (exact) mass is 404 g/mol. The van der Waals surface area contributed by atoms with E-state index in [4.69, 9.17) is 4.74 Å². The summed E-state index contributed by atoms with van der Waals surface area (Å²) in [4.78, 5) is 17.5. The van der Waals surface area contributed by atoms with Gasteiger partial charge in [0.2, 0.25) is 0 Å². The summed E-state index contributed by atoms with van der Waals surface area (Å²) in [7, 11) is 1.64. The highest BCUT2D eigenvalue weighted by molar-refractivity contribution is 7.99. The third-order valence-corrected chi connectivity index (χ3v) is 7.40. The minimum Gasteiger partial charge on any atom is -0.497 e. The maximum Gasteiger partial charge on any atom is 0.319 e. The van der Waals surface area contributed by atoms with Gasteiger partial charge in [0.1, 0.15) is 5.75 Å². The van der Waals surface area contributed by atoms with Crippen molar-refractivity contribution in [3.63, 3.8) is 0 Å². The van der Waals surface area contributed by atoms with Crippen LogP contribution in [0, 0.1) is 11.8 Å². The Morgan fingerprint density at radius 1 is 1.21 bits per heavy atom. The fourth-order valence-corrected chi connectivity index (χ4v) is 5.82. The van der Waals surface area contributed by atoms with Crippen LogP contribution in [0.25, 0.3) is 0 Å². The van der Waals surface area contributed by atoms with Crippen LogP contribution in [0.4, 0.5) is 10.5 Å². The number of thioether (sulfide) groups is 1. The third kappa shape index (κ3) is 4.93. The summed E-state index contributed by atoms with van der Waals surface area (Å²) in [6.07, 6.45) is 2.54. The molecule has 0 radical (unpaired) electrons. The summed E-state index contributed by atoms with van der Waals surface area (Å²) in [6.45, 7) is 6.88. The van der Waals surface area contributed by atoms with E-state index >= 15 is 0 Å². The largest absolute Gasteiger partial charge is 0.497 e. The van der Waals surface area contributed by atoms with E-state index in [1.807, 2.05) is 24.3 Å². The average Bonchev–Trinajstić information content (AvgIpc) is 2.74. The molecule has 0 spiro atoms. The number of carbonyl (C=O) groups is 1. The van der Waals surface area contributed by atoms with E-state index in [2.05, 4.69) is 32.2 Å². The van der Waals surface area contributed by atoms with Crippen molar-refractivity contribution in [3.05, 3.63) is 24.3 Å². The molecule has 2 N–H and O–H groups in total. The molecule has 5 rings (SSSR count). The molecule has 4 heterocycles. The van der Waals surface area contributed by atoms with Crippen LogP contribution in [-0.2, 0) is 0 Å². The van der Waals surface area contributed by atoms with Gasteiger partial charge in [0.25, 0.3) is 0 Å². The molecular formula is C21H32N4O2S. The molecule has 4 atom stereocenters. The van der Waals surface area contributed by atoms with Gasteiger partial charge in [-0.2, -0.15) is 11.8 Å². The first-order chi connectivity index (χ1) is 13.7. The minimum atomic E-state index is -0.129. The van der Waals surface area contributed by atoms with Crippen LogP contribution < -0.4 is 15.4 Å². The standard InChI is InChI=1S/C21H32N4O2S/c1-27-20-4-2-18(3-5-20)23-21(26)22-13-19-12-16-6-7-25(19)15-17(16)14-24-8-10-28-11-9-24/h2-5,16-17,19H,6-15H2,1H3,(H2,22,23,26)/t16-,17+,19+/m1/s1. The number of benzene rings is 1. The summed E-state index contributed by atoms with van der Waals surface area (Å²) in [5.41, 5.74) is 0.781. The van der Waals surface area contributed by atoms with Crippen molar-refractivity contribution in [1.29, 1.82) is 0 Å². The number of methoxy groups -OCH3 is 1. The van der Waals surface area contributed by atoms with Crippen molar-refractivity contribution in [2.45, 2.75) is 18.9 Å². The summed E-state index contributed by atoms with van der Waals surface area (Å²) in [6, 6.07) is 7.76. The highest BCUT2D eigenvalue weighted by Gasteiger charge is 2.40. The number of carbonyl (C=O) groups excluding carboxylic acids is 1. The van der Waals surface area contributed by atoms with Gasteiger partial charge in [-0.05, 0) is 55.5 Å². The maximum absolute atomic E-state index is 12.3. The first kappa shape index (κ1) is 19.9. The number of hydrogen-bond acceptors (Lipinski definition) is 5. The molecule has 2 amide bonds. The summed E-state index contributed by atoms with van der Waals surface area (Å²) in [5.74, 6) is 4.99. The molecule has 4 aliphatic rings. The van der Waals surface area contributed by atoms with E-state index in [9.17, 15) is 4.79 Å². The lowest BCUT2D eigenvalue weighted by atomic mass is 9.75. The van der Waals surface area contributed by atoms with Gasteiger partial charge >= 0.3 is 6.03 Å². The van der Waals surface area contributed by atoms with Crippen molar-refractivity contribution in [2.75, 3.05) is 63.2 Å². The Labute approximate surface area is 172 Å². The molecule has 2 bridgehead atoms. The number of hydrogen-bond donors (Lipinski definition) is 2. The number of nitrogens with one attached hydrogen (secondary N) is 2. The Bertz CT molecular complexity index is 650. The van der Waals surface area contributed by atoms with Crippen LogP contribution in [0.3, 0.4) is 0 Å². The van der Waals surface area contributed by atoms with Crippen LogP contribution in [0.1, 0.15) is 12.8 Å². The summed E-state index contributed by atoms with van der Waals surface area (Å²) >= 11 is 2.08. The molecule has 6 nitrogen and oxygen atoms in total. The molecule has 7 heteroatoms. The second kappa shape index (κ2) is 9.37. The van der Waals surface area contributed by atoms with Crippen molar-refractivity contribution >= 4 is 23.5 Å². The average molecular weight is 405 g/mol. The van der Waals surface area contributed by atoms with E-state index in [1.165, 1.54) is 57.1 Å². The molecule has 154 valence electrons. The molecular weight excluding hydrogens is 372 g/mol. The molecule has 4 fully saturated rings. The van der Waals surface area contributed by atoms with E-state index in [0.29, 0.717) is 6.04 Å². The molecule has 1 aromatic carbocycles. The van der Waals surface area contributed by atoms with Gasteiger partial charge in [-0.1, -0.05) is 0 Å². The SMILES string of the molecule is COc1ccc(NC(=O)NC[C@@H]2C[C@H]3CCN2C[C@@H]3CN2CCSCC2)cc1. The van der Waals surface area contributed by atoms with Crippen LogP contribution in [0.15, 0.2) is 24.3 Å². The summed E-state index contributed by atoms with van der Waals surface area (Å²) in [5, 5.41) is 5.98. The maximum atomic E-state index is 12.3. The third-order valence-electron chi connectivity index (χ3n) is 6.46. The van der Waals surface area contributed by atoms with Crippen molar-refractivity contribution in [3.8, 4) is 5.75 Å². The van der Waals surface area contributed by atoms with Crippen LogP contribution in [0.5, 0.6) is 5.75 Å². The molecule has 0 aromatic heterocycles. The van der Waals surface area contributed by atoms with Crippen LogP contribution in [0.2, 0.25) is 0 Å². The Balaban J connectivity index is 1.22. The van der Waals surface area contributed by atoms with Crippen LogP contribution in [-0.4, -0.2) is 79.8 Å². The van der Waals surface area contributed by atoms with Gasteiger partial charge in [0.05, 0.1) is 7.11 Å². The van der Waals surface area contributed by atoms with E-state index < -0.39 is 0 Å². The second-order valence-corrected chi connectivity index (χ2v) is 9.39. The lowest BCUT2D eigenvalue weighted by molar-refractivity contribution is -0.00980.